The molecule has 2 aromatic rings. The molecule has 1 aromatic heterocycles. The Bertz CT molecular complexity index is 892. The van der Waals surface area contributed by atoms with Crippen LogP contribution in [0.15, 0.2) is 47.1 Å². The van der Waals surface area contributed by atoms with Crippen LogP contribution in [-0.2, 0) is 27.3 Å². The van der Waals surface area contributed by atoms with Crippen LogP contribution in [0.4, 0.5) is 4.39 Å². The molecule has 166 valence electrons. The molecule has 2 aliphatic heterocycles. The lowest BCUT2D eigenvalue weighted by molar-refractivity contribution is -0.183. The Labute approximate surface area is 181 Å². The van der Waals surface area contributed by atoms with E-state index in [-0.39, 0.29) is 24.1 Å². The second kappa shape index (κ2) is 9.20. The van der Waals surface area contributed by atoms with Gasteiger partial charge in [-0.15, -0.1) is 0 Å². The van der Waals surface area contributed by atoms with E-state index in [0.717, 1.165) is 12.1 Å². The van der Waals surface area contributed by atoms with Crippen LogP contribution in [0.2, 0.25) is 0 Å². The van der Waals surface area contributed by atoms with Crippen LogP contribution in [0.3, 0.4) is 0 Å². The summed E-state index contributed by atoms with van der Waals surface area (Å²) in [6.45, 7) is 2.76. The van der Waals surface area contributed by atoms with Gasteiger partial charge >= 0.3 is 0 Å². The Balaban J connectivity index is 1.31. The maximum absolute atomic E-state index is 13.1. The van der Waals surface area contributed by atoms with Gasteiger partial charge in [0.15, 0.2) is 0 Å². The number of ether oxygens (including phenoxy) is 1. The molecule has 31 heavy (non-hydrogen) atoms. The van der Waals surface area contributed by atoms with Crippen LogP contribution in [0, 0.1) is 5.82 Å². The lowest BCUT2D eigenvalue weighted by atomic mass is 9.88. The number of hydrogen-bond acceptors (Lipinski definition) is 5. The zero-order chi connectivity index (χ0) is 21.8. The molecule has 1 aromatic carbocycles. The largest absolute Gasteiger partial charge is 0.469 e. The molecule has 2 aliphatic rings. The highest BCUT2D eigenvalue weighted by atomic mass is 19.1. The fourth-order valence-electron chi connectivity index (χ4n) is 4.37. The van der Waals surface area contributed by atoms with Gasteiger partial charge in [0.1, 0.15) is 17.7 Å². The highest BCUT2D eigenvalue weighted by Gasteiger charge is 2.44. The number of furan rings is 1. The van der Waals surface area contributed by atoms with Crippen molar-refractivity contribution >= 4 is 11.8 Å². The van der Waals surface area contributed by atoms with Crippen molar-refractivity contribution in [2.45, 2.75) is 37.5 Å². The fourth-order valence-corrected chi connectivity index (χ4v) is 4.37. The average Bonchev–Trinajstić information content (AvgIpc) is 3.26. The predicted octanol–water partition coefficient (Wildman–Crippen LogP) is 1.97. The number of hydrogen-bond donors (Lipinski definition) is 1. The predicted molar refractivity (Wildman–Crippen MR) is 112 cm³/mol. The molecular formula is C23H28FN3O4. The maximum Gasteiger partial charge on any atom is 0.250 e. The van der Waals surface area contributed by atoms with Gasteiger partial charge in [-0.05, 0) is 49.7 Å². The van der Waals surface area contributed by atoms with Crippen molar-refractivity contribution in [2.24, 2.45) is 0 Å². The van der Waals surface area contributed by atoms with Gasteiger partial charge < -0.3 is 24.3 Å². The summed E-state index contributed by atoms with van der Waals surface area (Å²) >= 11 is 0. The number of rotatable bonds is 5. The third-order valence-corrected chi connectivity index (χ3v) is 6.03. The maximum atomic E-state index is 13.1. The third-order valence-electron chi connectivity index (χ3n) is 6.03. The summed E-state index contributed by atoms with van der Waals surface area (Å²) in [6, 6.07) is 9.64. The average molecular weight is 429 g/mol. The summed E-state index contributed by atoms with van der Waals surface area (Å²) in [5.74, 6) is 0.231. The number of amides is 2. The normalized spacial score (nSPS) is 21.2. The molecule has 3 heterocycles. The molecule has 0 aliphatic carbocycles. The Hall–Kier alpha value is -2.71. The first-order chi connectivity index (χ1) is 14.9. The van der Waals surface area contributed by atoms with E-state index in [1.807, 2.05) is 11.9 Å². The number of likely N-dealkylation sites (tertiary alicyclic amines) is 1. The Morgan fingerprint density at radius 2 is 1.94 bits per heavy atom. The molecule has 4 rings (SSSR count). The van der Waals surface area contributed by atoms with Crippen molar-refractivity contribution < 1.29 is 23.1 Å². The van der Waals surface area contributed by atoms with Crippen LogP contribution >= 0.6 is 0 Å². The van der Waals surface area contributed by atoms with Crippen LogP contribution < -0.4 is 5.32 Å². The van der Waals surface area contributed by atoms with Gasteiger partial charge in [-0.3, -0.25) is 9.59 Å². The monoisotopic (exact) mass is 429 g/mol. The van der Waals surface area contributed by atoms with Gasteiger partial charge in [-0.2, -0.15) is 0 Å². The van der Waals surface area contributed by atoms with Crippen LogP contribution in [0.25, 0.3) is 0 Å². The van der Waals surface area contributed by atoms with E-state index in [9.17, 15) is 14.0 Å². The van der Waals surface area contributed by atoms with Crippen molar-refractivity contribution in [3.63, 3.8) is 0 Å². The number of likely N-dealkylation sites (N-methyl/N-ethyl adjacent to an activating group) is 1. The number of piperidine rings is 1. The summed E-state index contributed by atoms with van der Waals surface area (Å²) in [5, 5.41) is 2.89. The molecule has 2 fully saturated rings. The standard InChI is InChI=1S/C23H28FN3O4/c1-26-15-20(22(29)25-14-17-4-6-18(24)7-5-17)31-23(16-26)8-10-27(11-9-23)21(28)13-19-3-2-12-30-19/h2-7,12,20H,8-11,13-16H2,1H3,(H,25,29). The summed E-state index contributed by atoms with van der Waals surface area (Å²) < 4.78 is 24.6. The van der Waals surface area contributed by atoms with Gasteiger partial charge in [0.2, 0.25) is 5.91 Å². The van der Waals surface area contributed by atoms with E-state index in [4.69, 9.17) is 9.15 Å². The third kappa shape index (κ3) is 5.32. The van der Waals surface area contributed by atoms with Crippen LogP contribution in [-0.4, -0.2) is 66.5 Å². The van der Waals surface area contributed by atoms with E-state index in [2.05, 4.69) is 10.2 Å². The highest BCUT2D eigenvalue weighted by molar-refractivity contribution is 5.81. The first kappa shape index (κ1) is 21.5. The van der Waals surface area contributed by atoms with E-state index in [1.54, 1.807) is 30.5 Å². The minimum absolute atomic E-state index is 0.0440. The van der Waals surface area contributed by atoms with Crippen LogP contribution in [0.5, 0.6) is 0 Å². The minimum atomic E-state index is -0.579. The van der Waals surface area contributed by atoms with Crippen molar-refractivity contribution in [3.8, 4) is 0 Å². The number of morpholine rings is 1. The molecule has 8 heteroatoms. The van der Waals surface area contributed by atoms with Gasteiger partial charge in [-0.25, -0.2) is 4.39 Å². The zero-order valence-corrected chi connectivity index (χ0v) is 17.7. The summed E-state index contributed by atoms with van der Waals surface area (Å²) in [5.41, 5.74) is 0.392. The topological polar surface area (TPSA) is 75.0 Å². The molecule has 1 unspecified atom stereocenters. The van der Waals surface area contributed by atoms with Crippen molar-refractivity contribution in [1.82, 2.24) is 15.1 Å². The number of carbonyl (C=O) groups is 2. The summed E-state index contributed by atoms with van der Waals surface area (Å²) in [4.78, 5) is 29.2. The van der Waals surface area contributed by atoms with E-state index in [0.29, 0.717) is 44.8 Å². The second-order valence-electron chi connectivity index (χ2n) is 8.47. The van der Waals surface area contributed by atoms with Gasteiger partial charge in [0.05, 0.1) is 18.3 Å². The molecule has 2 saturated heterocycles. The van der Waals surface area contributed by atoms with Crippen molar-refractivity contribution in [1.29, 1.82) is 0 Å². The van der Waals surface area contributed by atoms with E-state index in [1.165, 1.54) is 12.1 Å². The molecular weight excluding hydrogens is 401 g/mol. The molecule has 1 atom stereocenters. The fraction of sp³-hybridized carbons (Fsp3) is 0.478. The highest BCUT2D eigenvalue weighted by Crippen LogP contribution is 2.32. The number of halogens is 1. The number of nitrogens with zero attached hydrogens (tertiary/aromatic N) is 2. The lowest BCUT2D eigenvalue weighted by Gasteiger charge is -2.48. The first-order valence-corrected chi connectivity index (χ1v) is 10.6. The lowest BCUT2D eigenvalue weighted by Crippen LogP contribution is -2.61. The number of nitrogens with one attached hydrogen (secondary N) is 1. The molecule has 2 amide bonds. The molecule has 0 radical (unpaired) electrons. The van der Waals surface area contributed by atoms with E-state index < -0.39 is 11.7 Å². The molecule has 1 spiro atoms. The van der Waals surface area contributed by atoms with Gasteiger partial charge in [-0.1, -0.05) is 12.1 Å². The SMILES string of the molecule is CN1CC(C(=O)NCc2ccc(F)cc2)OC2(CCN(C(=O)Cc3ccco3)CC2)C1. The molecule has 7 nitrogen and oxygen atoms in total. The van der Waals surface area contributed by atoms with Crippen molar-refractivity contribution in [2.75, 3.05) is 33.2 Å². The summed E-state index contributed by atoms with van der Waals surface area (Å²) in [6.07, 6.45) is 2.62. The molecule has 0 saturated carbocycles. The van der Waals surface area contributed by atoms with Crippen LogP contribution in [0.1, 0.15) is 24.2 Å². The Morgan fingerprint density at radius 1 is 1.19 bits per heavy atom. The smallest absolute Gasteiger partial charge is 0.250 e. The summed E-state index contributed by atoms with van der Waals surface area (Å²) in [7, 11) is 1.99. The zero-order valence-electron chi connectivity index (χ0n) is 17.7. The van der Waals surface area contributed by atoms with Gasteiger partial charge in [0, 0.05) is 32.7 Å². The molecule has 1 N–H and O–H groups in total. The Morgan fingerprint density at radius 3 is 2.61 bits per heavy atom. The van der Waals surface area contributed by atoms with Crippen molar-refractivity contribution in [3.05, 3.63) is 59.8 Å². The van der Waals surface area contributed by atoms with E-state index >= 15 is 0 Å². The minimum Gasteiger partial charge on any atom is -0.469 e. The second-order valence-corrected chi connectivity index (χ2v) is 8.47. The number of carbonyl (C=O) groups excluding carboxylic acids is 2. The number of benzene rings is 1. The van der Waals surface area contributed by atoms with Gasteiger partial charge in [0.25, 0.3) is 5.91 Å². The first-order valence-electron chi connectivity index (χ1n) is 10.6. The quantitative estimate of drug-likeness (QED) is 0.787. The molecule has 0 bridgehead atoms. The Kier molecular flexibility index (Phi) is 6.38.